The highest BCUT2D eigenvalue weighted by atomic mass is 16.5. The van der Waals surface area contributed by atoms with Crippen molar-refractivity contribution in [1.82, 2.24) is 10.2 Å². The molecule has 6 heteroatoms. The smallest absolute Gasteiger partial charge is 0.255 e. The highest BCUT2D eigenvalue weighted by Gasteiger charge is 2.18. The summed E-state index contributed by atoms with van der Waals surface area (Å²) in [5.41, 5.74) is 2.68. The Kier molecular flexibility index (Phi) is 7.70. The molecule has 0 radical (unpaired) electrons. The van der Waals surface area contributed by atoms with E-state index in [4.69, 9.17) is 14.2 Å². The Balaban J connectivity index is 2.19. The van der Waals surface area contributed by atoms with E-state index in [-0.39, 0.29) is 5.91 Å². The molecule has 0 aromatic heterocycles. The quantitative estimate of drug-likeness (QED) is 0.715. The Morgan fingerprint density at radius 2 is 1.54 bits per heavy atom. The minimum atomic E-state index is -0.232. The van der Waals surface area contributed by atoms with E-state index in [0.29, 0.717) is 35.4 Å². The molecule has 2 aromatic carbocycles. The summed E-state index contributed by atoms with van der Waals surface area (Å²) in [6, 6.07) is 11.9. The topological polar surface area (TPSA) is 60.0 Å². The summed E-state index contributed by atoms with van der Waals surface area (Å²) in [6.45, 7) is 5.57. The van der Waals surface area contributed by atoms with Gasteiger partial charge in [-0.3, -0.25) is 9.69 Å². The van der Waals surface area contributed by atoms with Crippen LogP contribution < -0.4 is 19.5 Å². The van der Waals surface area contributed by atoms with Gasteiger partial charge in [0.05, 0.1) is 26.9 Å². The molecule has 0 atom stereocenters. The SMILES string of the molecule is COc1cc(OC)c(C(=O)NCc2ccccc2CN(C)C(C)C)cc1OC. The number of rotatable bonds is 9. The molecule has 0 aliphatic heterocycles. The average molecular weight is 386 g/mol. The number of ether oxygens (including phenoxy) is 3. The molecule has 2 aromatic rings. The summed E-state index contributed by atoms with van der Waals surface area (Å²) in [5.74, 6) is 1.19. The summed E-state index contributed by atoms with van der Waals surface area (Å²) >= 11 is 0. The Morgan fingerprint density at radius 3 is 2.11 bits per heavy atom. The minimum Gasteiger partial charge on any atom is -0.496 e. The van der Waals surface area contributed by atoms with Gasteiger partial charge in [0.2, 0.25) is 0 Å². The van der Waals surface area contributed by atoms with Crippen LogP contribution in [0, 0.1) is 0 Å². The van der Waals surface area contributed by atoms with Gasteiger partial charge in [0.1, 0.15) is 5.75 Å². The zero-order chi connectivity index (χ0) is 20.7. The van der Waals surface area contributed by atoms with Gasteiger partial charge in [0, 0.05) is 31.3 Å². The maximum Gasteiger partial charge on any atom is 0.255 e. The number of nitrogens with zero attached hydrogens (tertiary/aromatic N) is 1. The molecule has 0 saturated heterocycles. The third kappa shape index (κ3) is 5.16. The largest absolute Gasteiger partial charge is 0.496 e. The molecule has 28 heavy (non-hydrogen) atoms. The fourth-order valence-corrected chi connectivity index (χ4v) is 2.81. The highest BCUT2D eigenvalue weighted by Crippen LogP contribution is 2.34. The van der Waals surface area contributed by atoms with E-state index in [2.05, 4.69) is 37.2 Å². The maximum absolute atomic E-state index is 12.8. The number of carbonyl (C=O) groups excluding carboxylic acids is 1. The van der Waals surface area contributed by atoms with Gasteiger partial charge in [-0.25, -0.2) is 0 Å². The maximum atomic E-state index is 12.8. The summed E-state index contributed by atoms with van der Waals surface area (Å²) < 4.78 is 15.9. The summed E-state index contributed by atoms with van der Waals surface area (Å²) in [6.07, 6.45) is 0. The predicted molar refractivity (Wildman–Crippen MR) is 110 cm³/mol. The Bertz CT molecular complexity index is 805. The van der Waals surface area contributed by atoms with Crippen molar-refractivity contribution in [2.45, 2.75) is 33.0 Å². The molecule has 1 amide bonds. The molecule has 1 N–H and O–H groups in total. The van der Waals surface area contributed by atoms with E-state index in [9.17, 15) is 4.79 Å². The first-order valence-electron chi connectivity index (χ1n) is 9.26. The highest BCUT2D eigenvalue weighted by molar-refractivity contribution is 5.97. The van der Waals surface area contributed by atoms with Crippen molar-refractivity contribution in [3.8, 4) is 17.2 Å². The number of carbonyl (C=O) groups is 1. The van der Waals surface area contributed by atoms with Crippen molar-refractivity contribution in [2.75, 3.05) is 28.4 Å². The lowest BCUT2D eigenvalue weighted by Crippen LogP contribution is -2.28. The molecule has 0 saturated carbocycles. The summed E-state index contributed by atoms with van der Waals surface area (Å²) in [5, 5.41) is 2.99. The van der Waals surface area contributed by atoms with Crippen molar-refractivity contribution in [1.29, 1.82) is 0 Å². The van der Waals surface area contributed by atoms with Crippen LogP contribution in [0.3, 0.4) is 0 Å². The Morgan fingerprint density at radius 1 is 0.964 bits per heavy atom. The lowest BCUT2D eigenvalue weighted by Gasteiger charge is -2.22. The van der Waals surface area contributed by atoms with Crippen LogP contribution in [0.5, 0.6) is 17.2 Å². The third-order valence-corrected chi connectivity index (χ3v) is 4.81. The van der Waals surface area contributed by atoms with E-state index < -0.39 is 0 Å². The molecular weight excluding hydrogens is 356 g/mol. The molecule has 0 fully saturated rings. The number of amides is 1. The lowest BCUT2D eigenvalue weighted by molar-refractivity contribution is 0.0947. The summed E-state index contributed by atoms with van der Waals surface area (Å²) in [7, 11) is 6.69. The van der Waals surface area contributed by atoms with Crippen LogP contribution in [-0.4, -0.2) is 45.2 Å². The van der Waals surface area contributed by atoms with E-state index in [1.807, 2.05) is 18.2 Å². The van der Waals surface area contributed by atoms with Gasteiger partial charge in [-0.1, -0.05) is 24.3 Å². The molecular formula is C22H30N2O4. The molecule has 0 spiro atoms. The molecule has 152 valence electrons. The van der Waals surface area contributed by atoms with Gasteiger partial charge >= 0.3 is 0 Å². The monoisotopic (exact) mass is 386 g/mol. The molecule has 6 nitrogen and oxygen atoms in total. The Hall–Kier alpha value is -2.73. The number of nitrogens with one attached hydrogen (secondary N) is 1. The normalized spacial score (nSPS) is 10.9. The second kappa shape index (κ2) is 9.99. The van der Waals surface area contributed by atoms with Gasteiger partial charge in [0.25, 0.3) is 5.91 Å². The number of methoxy groups -OCH3 is 3. The zero-order valence-electron chi connectivity index (χ0n) is 17.5. The van der Waals surface area contributed by atoms with Crippen LogP contribution in [0.4, 0.5) is 0 Å². The number of hydrogen-bond donors (Lipinski definition) is 1. The fraction of sp³-hybridized carbons (Fsp3) is 0.409. The first-order chi connectivity index (χ1) is 13.4. The molecule has 0 aliphatic carbocycles. The molecule has 0 heterocycles. The summed E-state index contributed by atoms with van der Waals surface area (Å²) in [4.78, 5) is 15.1. The Labute approximate surface area is 167 Å². The van der Waals surface area contributed by atoms with Gasteiger partial charge in [-0.2, -0.15) is 0 Å². The number of benzene rings is 2. The van der Waals surface area contributed by atoms with Crippen LogP contribution in [0.2, 0.25) is 0 Å². The van der Waals surface area contributed by atoms with Crippen LogP contribution in [0.15, 0.2) is 36.4 Å². The second-order valence-corrected chi connectivity index (χ2v) is 6.87. The molecule has 0 bridgehead atoms. The van der Waals surface area contributed by atoms with Crippen LogP contribution >= 0.6 is 0 Å². The first kappa shape index (κ1) is 21.6. The molecule has 0 unspecified atom stereocenters. The standard InChI is InChI=1S/C22H30N2O4/c1-15(2)24(3)14-17-10-8-7-9-16(17)13-23-22(25)18-11-20(27-5)21(28-6)12-19(18)26-4/h7-12,15H,13-14H2,1-6H3,(H,23,25). The van der Waals surface area contributed by atoms with E-state index in [1.54, 1.807) is 19.2 Å². The zero-order valence-corrected chi connectivity index (χ0v) is 17.5. The number of hydrogen-bond acceptors (Lipinski definition) is 5. The van der Waals surface area contributed by atoms with Crippen LogP contribution in [0.1, 0.15) is 35.3 Å². The van der Waals surface area contributed by atoms with Crippen molar-refractivity contribution >= 4 is 5.91 Å². The first-order valence-corrected chi connectivity index (χ1v) is 9.26. The van der Waals surface area contributed by atoms with Crippen molar-refractivity contribution in [2.24, 2.45) is 0 Å². The van der Waals surface area contributed by atoms with Gasteiger partial charge < -0.3 is 19.5 Å². The van der Waals surface area contributed by atoms with Gasteiger partial charge in [-0.05, 0) is 32.0 Å². The fourth-order valence-electron chi connectivity index (χ4n) is 2.81. The van der Waals surface area contributed by atoms with E-state index >= 15 is 0 Å². The molecule has 0 aliphatic rings. The van der Waals surface area contributed by atoms with Gasteiger partial charge in [0.15, 0.2) is 11.5 Å². The van der Waals surface area contributed by atoms with E-state index in [0.717, 1.165) is 12.1 Å². The third-order valence-electron chi connectivity index (χ3n) is 4.81. The average Bonchev–Trinajstić information content (AvgIpc) is 2.71. The van der Waals surface area contributed by atoms with Crippen molar-refractivity contribution < 1.29 is 19.0 Å². The molecule has 2 rings (SSSR count). The van der Waals surface area contributed by atoms with Crippen molar-refractivity contribution in [3.05, 3.63) is 53.1 Å². The minimum absolute atomic E-state index is 0.232. The second-order valence-electron chi connectivity index (χ2n) is 6.87. The predicted octanol–water partition coefficient (Wildman–Crippen LogP) is 3.48. The van der Waals surface area contributed by atoms with Crippen LogP contribution in [0.25, 0.3) is 0 Å². The van der Waals surface area contributed by atoms with Crippen LogP contribution in [-0.2, 0) is 13.1 Å². The van der Waals surface area contributed by atoms with Gasteiger partial charge in [-0.15, -0.1) is 0 Å². The van der Waals surface area contributed by atoms with Crippen molar-refractivity contribution in [3.63, 3.8) is 0 Å². The lowest BCUT2D eigenvalue weighted by atomic mass is 10.1. The van der Waals surface area contributed by atoms with E-state index in [1.165, 1.54) is 19.8 Å².